The van der Waals surface area contributed by atoms with Crippen molar-refractivity contribution >= 4 is 40.8 Å². The van der Waals surface area contributed by atoms with Crippen molar-refractivity contribution in [3.05, 3.63) is 63.4 Å². The van der Waals surface area contributed by atoms with E-state index in [9.17, 15) is 14.7 Å². The molecule has 2 aromatic carbocycles. The molecule has 0 aromatic heterocycles. The number of rotatable bonds is 5. The van der Waals surface area contributed by atoms with Gasteiger partial charge in [0.15, 0.2) is 0 Å². The maximum Gasteiger partial charge on any atom is 0.324 e. The van der Waals surface area contributed by atoms with Crippen LogP contribution in [0.2, 0.25) is 10.0 Å². The SMILES string of the molecule is CC(C)(CO)C[C@@H]1NC(C(=O)OC(C)(C)C)[C@@H](c2cccc(Cl)c2F)C12C(=O)Nc1cc(Cl)ccc12. The highest BCUT2D eigenvalue weighted by molar-refractivity contribution is 6.31. The quantitative estimate of drug-likeness (QED) is 0.457. The molecule has 9 heteroatoms. The average molecular weight is 537 g/mol. The van der Waals surface area contributed by atoms with Crippen LogP contribution in [-0.2, 0) is 19.7 Å². The van der Waals surface area contributed by atoms with Gasteiger partial charge in [0.2, 0.25) is 5.91 Å². The number of esters is 1. The number of ether oxygens (including phenoxy) is 1. The molecule has 3 N–H and O–H groups in total. The minimum atomic E-state index is -1.40. The van der Waals surface area contributed by atoms with Gasteiger partial charge in [-0.1, -0.05) is 55.2 Å². The standard InChI is InChI=1S/C27H31Cl2FN2O4/c1-25(2,3)36-23(34)22-20(15-7-6-8-17(29)21(15)30)27(19(32-22)12-26(4,5)13-33)16-10-9-14(28)11-18(16)31-24(27)35/h6-11,19-20,22,32-33H,12-13H2,1-5H3,(H,31,35)/t19-,20+,22?,27?/m0/s1. The number of hydrogen-bond acceptors (Lipinski definition) is 5. The van der Waals surface area contributed by atoms with Gasteiger partial charge in [0, 0.05) is 29.3 Å². The van der Waals surface area contributed by atoms with E-state index in [4.69, 9.17) is 27.9 Å². The molecule has 1 amide bonds. The molecule has 0 radical (unpaired) electrons. The molecule has 194 valence electrons. The second-order valence-electron chi connectivity index (χ2n) is 11.4. The minimum absolute atomic E-state index is 0.112. The van der Waals surface area contributed by atoms with Gasteiger partial charge in [-0.25, -0.2) is 4.39 Å². The van der Waals surface area contributed by atoms with Gasteiger partial charge in [-0.2, -0.15) is 0 Å². The van der Waals surface area contributed by atoms with E-state index in [0.29, 0.717) is 22.7 Å². The third-order valence-corrected chi connectivity index (χ3v) is 7.49. The van der Waals surface area contributed by atoms with E-state index in [1.807, 2.05) is 13.8 Å². The molecule has 4 rings (SSSR count). The van der Waals surface area contributed by atoms with Crippen LogP contribution in [0.25, 0.3) is 0 Å². The average Bonchev–Trinajstić information content (AvgIpc) is 3.24. The van der Waals surface area contributed by atoms with Crippen molar-refractivity contribution in [3.8, 4) is 0 Å². The van der Waals surface area contributed by atoms with Crippen LogP contribution in [0.4, 0.5) is 10.1 Å². The number of anilines is 1. The van der Waals surface area contributed by atoms with Gasteiger partial charge in [0.1, 0.15) is 22.9 Å². The first kappa shape index (κ1) is 26.9. The Kier molecular flexibility index (Phi) is 6.92. The van der Waals surface area contributed by atoms with Gasteiger partial charge in [0.25, 0.3) is 0 Å². The Morgan fingerprint density at radius 3 is 2.50 bits per heavy atom. The molecule has 0 bridgehead atoms. The molecule has 1 fully saturated rings. The van der Waals surface area contributed by atoms with Gasteiger partial charge >= 0.3 is 5.97 Å². The fourth-order valence-corrected chi connectivity index (χ4v) is 5.85. The van der Waals surface area contributed by atoms with Crippen LogP contribution < -0.4 is 10.6 Å². The van der Waals surface area contributed by atoms with E-state index in [2.05, 4.69) is 10.6 Å². The normalized spacial score (nSPS) is 25.7. The Hall–Kier alpha value is -2.19. The largest absolute Gasteiger partial charge is 0.459 e. The van der Waals surface area contributed by atoms with E-state index >= 15 is 4.39 Å². The Labute approximate surface area is 220 Å². The summed E-state index contributed by atoms with van der Waals surface area (Å²) in [5.41, 5.74) is -1.60. The Morgan fingerprint density at radius 2 is 1.86 bits per heavy atom. The predicted molar refractivity (Wildman–Crippen MR) is 138 cm³/mol. The minimum Gasteiger partial charge on any atom is -0.459 e. The first-order valence-corrected chi connectivity index (χ1v) is 12.6. The summed E-state index contributed by atoms with van der Waals surface area (Å²) < 4.78 is 21.4. The van der Waals surface area contributed by atoms with Crippen LogP contribution in [-0.4, -0.2) is 41.3 Å². The fourth-order valence-electron chi connectivity index (χ4n) is 5.50. The van der Waals surface area contributed by atoms with Crippen molar-refractivity contribution in [1.82, 2.24) is 5.32 Å². The number of carbonyl (C=O) groups excluding carboxylic acids is 2. The molecule has 2 unspecified atom stereocenters. The second kappa shape index (κ2) is 9.28. The van der Waals surface area contributed by atoms with Gasteiger partial charge < -0.3 is 15.2 Å². The number of carbonyl (C=O) groups is 2. The van der Waals surface area contributed by atoms with Gasteiger partial charge in [0.05, 0.1) is 5.02 Å². The zero-order chi connectivity index (χ0) is 26.6. The Balaban J connectivity index is 2.01. The highest BCUT2D eigenvalue weighted by Crippen LogP contribution is 2.57. The highest BCUT2D eigenvalue weighted by atomic mass is 35.5. The number of fused-ring (bicyclic) bond motifs is 2. The molecule has 36 heavy (non-hydrogen) atoms. The highest BCUT2D eigenvalue weighted by Gasteiger charge is 2.66. The van der Waals surface area contributed by atoms with Crippen LogP contribution in [0.15, 0.2) is 36.4 Å². The lowest BCUT2D eigenvalue weighted by Crippen LogP contribution is -2.50. The van der Waals surface area contributed by atoms with Crippen molar-refractivity contribution in [3.63, 3.8) is 0 Å². The maximum atomic E-state index is 15.7. The number of amides is 1. The molecular formula is C27H31Cl2FN2O4. The van der Waals surface area contributed by atoms with Crippen LogP contribution >= 0.6 is 23.2 Å². The van der Waals surface area contributed by atoms with Crippen LogP contribution in [0, 0.1) is 11.2 Å². The molecule has 0 saturated carbocycles. The third-order valence-electron chi connectivity index (χ3n) is 6.97. The number of hydrogen-bond donors (Lipinski definition) is 3. The summed E-state index contributed by atoms with van der Waals surface area (Å²) >= 11 is 12.4. The summed E-state index contributed by atoms with van der Waals surface area (Å²) in [7, 11) is 0. The lowest BCUT2D eigenvalue weighted by Gasteiger charge is -2.38. The van der Waals surface area contributed by atoms with E-state index in [1.165, 1.54) is 6.07 Å². The van der Waals surface area contributed by atoms with Crippen molar-refractivity contribution in [1.29, 1.82) is 0 Å². The number of benzene rings is 2. The predicted octanol–water partition coefficient (Wildman–Crippen LogP) is 5.20. The summed E-state index contributed by atoms with van der Waals surface area (Å²) in [6, 6.07) is 7.91. The van der Waals surface area contributed by atoms with Gasteiger partial charge in [-0.3, -0.25) is 14.9 Å². The molecule has 1 saturated heterocycles. The van der Waals surface area contributed by atoms with Gasteiger partial charge in [-0.15, -0.1) is 0 Å². The second-order valence-corrected chi connectivity index (χ2v) is 12.2. The van der Waals surface area contributed by atoms with Gasteiger partial charge in [-0.05, 0) is 61.9 Å². The van der Waals surface area contributed by atoms with Crippen LogP contribution in [0.1, 0.15) is 58.1 Å². The molecule has 6 nitrogen and oxygen atoms in total. The molecule has 2 aromatic rings. The first-order valence-electron chi connectivity index (χ1n) is 11.9. The first-order chi connectivity index (χ1) is 16.7. The maximum absolute atomic E-state index is 15.7. The zero-order valence-corrected chi connectivity index (χ0v) is 22.4. The third kappa shape index (κ3) is 4.51. The fraction of sp³-hybridized carbons (Fsp3) is 0.481. The number of nitrogens with one attached hydrogen (secondary N) is 2. The summed E-state index contributed by atoms with van der Waals surface area (Å²) in [5.74, 6) is -2.68. The number of aliphatic hydroxyl groups is 1. The molecule has 0 aliphatic carbocycles. The van der Waals surface area contributed by atoms with E-state index < -0.39 is 46.2 Å². The van der Waals surface area contributed by atoms with E-state index in [0.717, 1.165) is 0 Å². The summed E-state index contributed by atoms with van der Waals surface area (Å²) in [6.45, 7) is 8.83. The smallest absolute Gasteiger partial charge is 0.324 e. The number of aliphatic hydroxyl groups excluding tert-OH is 1. The molecule has 2 aliphatic rings. The van der Waals surface area contributed by atoms with Crippen molar-refractivity contribution < 1.29 is 23.8 Å². The summed E-state index contributed by atoms with van der Waals surface area (Å²) in [5, 5.41) is 16.6. The molecule has 2 heterocycles. The van der Waals surface area contributed by atoms with Crippen LogP contribution in [0.3, 0.4) is 0 Å². The zero-order valence-electron chi connectivity index (χ0n) is 20.9. The summed E-state index contributed by atoms with van der Waals surface area (Å²) in [6.07, 6.45) is 0.316. The Bertz CT molecular complexity index is 1210. The van der Waals surface area contributed by atoms with Crippen LogP contribution in [0.5, 0.6) is 0 Å². The molecule has 4 atom stereocenters. The van der Waals surface area contributed by atoms with Crippen molar-refractivity contribution in [2.24, 2.45) is 5.41 Å². The Morgan fingerprint density at radius 1 is 1.17 bits per heavy atom. The van der Waals surface area contributed by atoms with Crippen molar-refractivity contribution in [2.75, 3.05) is 11.9 Å². The lowest BCUT2D eigenvalue weighted by molar-refractivity contribution is -0.157. The number of halogens is 3. The lowest BCUT2D eigenvalue weighted by atomic mass is 9.62. The topological polar surface area (TPSA) is 87.7 Å². The van der Waals surface area contributed by atoms with E-state index in [1.54, 1.807) is 51.1 Å². The van der Waals surface area contributed by atoms with E-state index in [-0.39, 0.29) is 23.1 Å². The molecule has 2 aliphatic heterocycles. The molecular weight excluding hydrogens is 506 g/mol. The van der Waals surface area contributed by atoms with Crippen molar-refractivity contribution in [2.45, 2.75) is 70.1 Å². The monoisotopic (exact) mass is 536 g/mol. The molecule has 1 spiro atoms. The summed E-state index contributed by atoms with van der Waals surface area (Å²) in [4.78, 5) is 27.6.